The quantitative estimate of drug-likeness (QED) is 0.259. The first-order valence-corrected chi connectivity index (χ1v) is 11.3. The molecule has 0 aliphatic rings. The number of benzene rings is 3. The van der Waals surface area contributed by atoms with Crippen LogP contribution in [-0.2, 0) is 6.61 Å². The number of nitrogens with zero attached hydrogens (tertiary/aromatic N) is 2. The number of H-pyrrole nitrogens is 1. The number of hydrogen-bond donors (Lipinski definition) is 3. The van der Waals surface area contributed by atoms with E-state index in [-0.39, 0.29) is 12.6 Å². The van der Waals surface area contributed by atoms with E-state index in [2.05, 4.69) is 10.3 Å². The Kier molecular flexibility index (Phi) is 6.42. The van der Waals surface area contributed by atoms with E-state index in [4.69, 9.17) is 26.3 Å². The largest absolute Gasteiger partial charge is 0.487 e. The zero-order valence-corrected chi connectivity index (χ0v) is 19.0. The van der Waals surface area contributed by atoms with Gasteiger partial charge in [0.25, 0.3) is 0 Å². The first-order valence-electron chi connectivity index (χ1n) is 11.0. The van der Waals surface area contributed by atoms with Crippen LogP contribution in [0.1, 0.15) is 17.3 Å². The van der Waals surface area contributed by atoms with Crippen LogP contribution >= 0.6 is 11.6 Å². The maximum atomic E-state index is 10.1. The van der Waals surface area contributed by atoms with Crippen LogP contribution in [0.15, 0.2) is 91.0 Å². The van der Waals surface area contributed by atoms with Gasteiger partial charge in [0.15, 0.2) is 5.82 Å². The SMILES string of the molecule is OC[C@@H](Nc1nc(-c2ccccc2)nc2[nH]c(COc3cccc(Cl)c3)cc12)c1ccccc1. The van der Waals surface area contributed by atoms with Crippen LogP contribution in [0, 0.1) is 0 Å². The van der Waals surface area contributed by atoms with Crippen molar-refractivity contribution >= 4 is 28.5 Å². The minimum atomic E-state index is -0.316. The summed E-state index contributed by atoms with van der Waals surface area (Å²) in [6.07, 6.45) is 0. The van der Waals surface area contributed by atoms with Gasteiger partial charge in [-0.25, -0.2) is 9.97 Å². The third-order valence-electron chi connectivity index (χ3n) is 5.46. The van der Waals surface area contributed by atoms with E-state index in [0.717, 1.165) is 22.2 Å². The third-order valence-corrected chi connectivity index (χ3v) is 5.70. The summed E-state index contributed by atoms with van der Waals surface area (Å²) >= 11 is 6.07. The van der Waals surface area contributed by atoms with Crippen LogP contribution in [0.2, 0.25) is 5.02 Å². The van der Waals surface area contributed by atoms with Crippen molar-refractivity contribution in [3.63, 3.8) is 0 Å². The van der Waals surface area contributed by atoms with Crippen molar-refractivity contribution in [1.82, 2.24) is 15.0 Å². The van der Waals surface area contributed by atoms with Crippen LogP contribution in [0.4, 0.5) is 5.82 Å². The van der Waals surface area contributed by atoms with Crippen molar-refractivity contribution in [1.29, 1.82) is 0 Å². The average molecular weight is 471 g/mol. The van der Waals surface area contributed by atoms with Crippen LogP contribution in [0.25, 0.3) is 22.4 Å². The van der Waals surface area contributed by atoms with Crippen LogP contribution in [0.3, 0.4) is 0 Å². The highest BCUT2D eigenvalue weighted by molar-refractivity contribution is 6.30. The molecule has 0 spiro atoms. The number of anilines is 1. The average Bonchev–Trinajstić information content (AvgIpc) is 3.30. The zero-order valence-electron chi connectivity index (χ0n) is 18.3. The van der Waals surface area contributed by atoms with Crippen LogP contribution in [-0.4, -0.2) is 26.7 Å². The second-order valence-corrected chi connectivity index (χ2v) is 8.29. The molecule has 2 heterocycles. The molecule has 0 radical (unpaired) electrons. The predicted molar refractivity (Wildman–Crippen MR) is 135 cm³/mol. The Morgan fingerprint density at radius 2 is 1.68 bits per heavy atom. The Labute approximate surface area is 202 Å². The fraction of sp³-hybridized carbons (Fsp3) is 0.111. The number of rotatable bonds is 8. The van der Waals surface area contributed by atoms with Crippen molar-refractivity contribution in [2.45, 2.75) is 12.6 Å². The Morgan fingerprint density at radius 1 is 0.912 bits per heavy atom. The number of hydrogen-bond acceptors (Lipinski definition) is 5. The lowest BCUT2D eigenvalue weighted by Crippen LogP contribution is -2.16. The van der Waals surface area contributed by atoms with E-state index in [1.54, 1.807) is 12.1 Å². The smallest absolute Gasteiger partial charge is 0.163 e. The minimum Gasteiger partial charge on any atom is -0.487 e. The van der Waals surface area contributed by atoms with Gasteiger partial charge in [-0.1, -0.05) is 78.3 Å². The molecule has 2 aromatic heterocycles. The molecule has 3 N–H and O–H groups in total. The lowest BCUT2D eigenvalue weighted by Gasteiger charge is -2.18. The molecule has 0 aliphatic carbocycles. The summed E-state index contributed by atoms with van der Waals surface area (Å²) in [5.41, 5.74) is 3.40. The van der Waals surface area contributed by atoms with E-state index in [1.165, 1.54) is 0 Å². The summed E-state index contributed by atoms with van der Waals surface area (Å²) in [5, 5.41) is 14.9. The summed E-state index contributed by atoms with van der Waals surface area (Å²) in [6, 6.07) is 28.6. The van der Waals surface area contributed by atoms with E-state index in [0.29, 0.717) is 34.7 Å². The van der Waals surface area contributed by atoms with E-state index < -0.39 is 0 Å². The molecule has 6 nitrogen and oxygen atoms in total. The van der Waals surface area contributed by atoms with Gasteiger partial charge in [-0.3, -0.25) is 0 Å². The lowest BCUT2D eigenvalue weighted by atomic mass is 10.1. The molecular weight excluding hydrogens is 448 g/mol. The molecule has 0 bridgehead atoms. The van der Waals surface area contributed by atoms with Gasteiger partial charge in [0.2, 0.25) is 0 Å². The molecule has 7 heteroatoms. The fourth-order valence-corrected chi connectivity index (χ4v) is 3.95. The lowest BCUT2D eigenvalue weighted by molar-refractivity contribution is 0.276. The Balaban J connectivity index is 1.51. The van der Waals surface area contributed by atoms with Crippen molar-refractivity contribution < 1.29 is 9.84 Å². The molecule has 0 aliphatic heterocycles. The molecule has 3 aromatic carbocycles. The molecule has 5 aromatic rings. The highest BCUT2D eigenvalue weighted by atomic mass is 35.5. The second kappa shape index (κ2) is 9.95. The standard InChI is InChI=1S/C27H23ClN4O2/c28-20-12-7-13-22(14-20)34-17-21-15-23-26(29-21)31-25(19-10-5-2-6-11-19)32-27(23)30-24(16-33)18-8-3-1-4-9-18/h1-15,24,33H,16-17H2,(H2,29,30,31,32)/t24-/m1/s1. The zero-order chi connectivity index (χ0) is 23.3. The summed E-state index contributed by atoms with van der Waals surface area (Å²) < 4.78 is 5.90. The summed E-state index contributed by atoms with van der Waals surface area (Å²) in [7, 11) is 0. The van der Waals surface area contributed by atoms with E-state index in [1.807, 2.05) is 78.9 Å². The highest BCUT2D eigenvalue weighted by Crippen LogP contribution is 2.29. The maximum absolute atomic E-state index is 10.1. The number of halogens is 1. The predicted octanol–water partition coefficient (Wildman–Crippen LogP) is 6.00. The molecule has 34 heavy (non-hydrogen) atoms. The number of nitrogens with one attached hydrogen (secondary N) is 2. The highest BCUT2D eigenvalue weighted by Gasteiger charge is 2.17. The van der Waals surface area contributed by atoms with Crippen molar-refractivity contribution in [3.05, 3.63) is 107 Å². The van der Waals surface area contributed by atoms with Gasteiger partial charge < -0.3 is 20.1 Å². The Bertz CT molecular complexity index is 1390. The molecule has 0 fully saturated rings. The number of aliphatic hydroxyl groups is 1. The molecule has 0 amide bonds. The molecule has 170 valence electrons. The first kappa shape index (κ1) is 21.9. The van der Waals surface area contributed by atoms with E-state index >= 15 is 0 Å². The fourth-order valence-electron chi connectivity index (χ4n) is 3.77. The maximum Gasteiger partial charge on any atom is 0.163 e. The van der Waals surface area contributed by atoms with Crippen molar-refractivity contribution in [3.8, 4) is 17.1 Å². The number of aromatic nitrogens is 3. The third kappa shape index (κ3) is 4.88. The summed E-state index contributed by atoms with van der Waals surface area (Å²) in [5.74, 6) is 1.91. The van der Waals surface area contributed by atoms with Crippen molar-refractivity contribution in [2.24, 2.45) is 0 Å². The molecule has 5 rings (SSSR count). The van der Waals surface area contributed by atoms with Gasteiger partial charge in [-0.05, 0) is 29.8 Å². The van der Waals surface area contributed by atoms with Gasteiger partial charge in [-0.15, -0.1) is 0 Å². The van der Waals surface area contributed by atoms with Gasteiger partial charge >= 0.3 is 0 Å². The number of aliphatic hydroxyl groups excluding tert-OH is 1. The molecule has 1 atom stereocenters. The summed E-state index contributed by atoms with van der Waals surface area (Å²) in [4.78, 5) is 12.9. The Hall–Kier alpha value is -3.87. The van der Waals surface area contributed by atoms with E-state index in [9.17, 15) is 5.11 Å². The van der Waals surface area contributed by atoms with Gasteiger partial charge in [-0.2, -0.15) is 0 Å². The first-order chi connectivity index (χ1) is 16.7. The molecule has 0 saturated heterocycles. The monoisotopic (exact) mass is 470 g/mol. The number of ether oxygens (including phenoxy) is 1. The Morgan fingerprint density at radius 3 is 2.41 bits per heavy atom. The molecule has 0 unspecified atom stereocenters. The van der Waals surface area contributed by atoms with Crippen LogP contribution in [0.5, 0.6) is 5.75 Å². The van der Waals surface area contributed by atoms with Crippen LogP contribution < -0.4 is 10.1 Å². The van der Waals surface area contributed by atoms with Crippen molar-refractivity contribution in [2.75, 3.05) is 11.9 Å². The number of aromatic amines is 1. The number of fused-ring (bicyclic) bond motifs is 1. The molecular formula is C27H23ClN4O2. The normalized spacial score (nSPS) is 11.9. The van der Waals surface area contributed by atoms with Gasteiger partial charge in [0.1, 0.15) is 23.8 Å². The molecule has 0 saturated carbocycles. The minimum absolute atomic E-state index is 0.0780. The van der Waals surface area contributed by atoms with Gasteiger partial charge in [0, 0.05) is 10.6 Å². The topological polar surface area (TPSA) is 83.1 Å². The van der Waals surface area contributed by atoms with Gasteiger partial charge in [0.05, 0.1) is 23.7 Å². The second-order valence-electron chi connectivity index (χ2n) is 7.85. The summed E-state index contributed by atoms with van der Waals surface area (Å²) in [6.45, 7) is 0.240.